The molecule has 3 rings (SSSR count). The van der Waals surface area contributed by atoms with E-state index in [1.807, 2.05) is 32.9 Å². The SMILES string of the molecule is CC(=O)N1N=C(c2ccc(C)cc2)NC(=O)C1C1C(=O)CC(C)(C)CC1=O. The maximum atomic E-state index is 12.8. The van der Waals surface area contributed by atoms with Crippen molar-refractivity contribution in [1.29, 1.82) is 0 Å². The first-order valence-corrected chi connectivity index (χ1v) is 8.91. The Morgan fingerprint density at radius 3 is 2.19 bits per heavy atom. The average Bonchev–Trinajstić information content (AvgIpc) is 2.54. The van der Waals surface area contributed by atoms with Crippen LogP contribution in [0.15, 0.2) is 29.4 Å². The van der Waals surface area contributed by atoms with E-state index in [0.717, 1.165) is 10.6 Å². The highest BCUT2D eigenvalue weighted by Gasteiger charge is 2.50. The number of aryl methyl sites for hydroxylation is 1. The molecular weight excluding hydrogens is 346 g/mol. The molecule has 2 aliphatic rings. The van der Waals surface area contributed by atoms with Gasteiger partial charge in [-0.1, -0.05) is 43.7 Å². The van der Waals surface area contributed by atoms with Crippen LogP contribution in [-0.4, -0.2) is 40.3 Å². The second kappa shape index (κ2) is 6.72. The Hall–Kier alpha value is -2.83. The van der Waals surface area contributed by atoms with Crippen molar-refractivity contribution in [1.82, 2.24) is 10.3 Å². The molecule has 2 amide bonds. The van der Waals surface area contributed by atoms with Gasteiger partial charge < -0.3 is 5.32 Å². The molecule has 0 radical (unpaired) electrons. The quantitative estimate of drug-likeness (QED) is 0.801. The summed E-state index contributed by atoms with van der Waals surface area (Å²) >= 11 is 0. The number of rotatable bonds is 2. The molecule has 7 heteroatoms. The van der Waals surface area contributed by atoms with Gasteiger partial charge in [0, 0.05) is 25.3 Å². The van der Waals surface area contributed by atoms with E-state index in [-0.39, 0.29) is 30.2 Å². The van der Waals surface area contributed by atoms with Crippen molar-refractivity contribution in [3.8, 4) is 0 Å². The van der Waals surface area contributed by atoms with Crippen LogP contribution < -0.4 is 5.32 Å². The van der Waals surface area contributed by atoms with E-state index in [9.17, 15) is 19.2 Å². The third-order valence-electron chi connectivity index (χ3n) is 4.94. The lowest BCUT2D eigenvalue weighted by molar-refractivity contribution is -0.152. The number of carbonyl (C=O) groups is 4. The third-order valence-corrected chi connectivity index (χ3v) is 4.94. The van der Waals surface area contributed by atoms with Crippen LogP contribution >= 0.6 is 0 Å². The summed E-state index contributed by atoms with van der Waals surface area (Å²) < 4.78 is 0. The molecular formula is C20H23N3O4. The summed E-state index contributed by atoms with van der Waals surface area (Å²) in [5.74, 6) is -2.66. The summed E-state index contributed by atoms with van der Waals surface area (Å²) in [5.41, 5.74) is 1.25. The lowest BCUT2D eigenvalue weighted by Crippen LogP contribution is -2.61. The number of ketones is 2. The van der Waals surface area contributed by atoms with Crippen molar-refractivity contribution in [2.75, 3.05) is 0 Å². The molecule has 1 aromatic rings. The van der Waals surface area contributed by atoms with Crippen molar-refractivity contribution in [2.45, 2.75) is 46.6 Å². The Kier molecular flexibility index (Phi) is 4.71. The van der Waals surface area contributed by atoms with E-state index in [1.54, 1.807) is 12.1 Å². The van der Waals surface area contributed by atoms with Crippen molar-refractivity contribution >= 4 is 29.2 Å². The van der Waals surface area contributed by atoms with Gasteiger partial charge in [-0.15, -0.1) is 0 Å². The molecule has 1 unspecified atom stereocenters. The zero-order valence-electron chi connectivity index (χ0n) is 15.9. The predicted molar refractivity (Wildman–Crippen MR) is 98.7 cm³/mol. The van der Waals surface area contributed by atoms with Crippen LogP contribution in [0.3, 0.4) is 0 Å². The number of hydrazone groups is 1. The molecule has 0 spiro atoms. The van der Waals surface area contributed by atoms with E-state index in [4.69, 9.17) is 0 Å². The number of carbonyl (C=O) groups excluding carboxylic acids is 4. The minimum atomic E-state index is -1.24. The highest BCUT2D eigenvalue weighted by molar-refractivity contribution is 6.16. The molecule has 27 heavy (non-hydrogen) atoms. The van der Waals surface area contributed by atoms with E-state index in [2.05, 4.69) is 10.4 Å². The van der Waals surface area contributed by atoms with Gasteiger partial charge in [0.05, 0.1) is 0 Å². The summed E-state index contributed by atoms with van der Waals surface area (Å²) in [6.07, 6.45) is 0.376. The van der Waals surface area contributed by atoms with Gasteiger partial charge in [-0.3, -0.25) is 19.2 Å². The second-order valence-corrected chi connectivity index (χ2v) is 8.04. The van der Waals surface area contributed by atoms with Crippen LogP contribution in [0.2, 0.25) is 0 Å². The van der Waals surface area contributed by atoms with Gasteiger partial charge in [-0.25, -0.2) is 5.01 Å². The molecule has 1 aliphatic heterocycles. The number of hydrogen-bond acceptors (Lipinski definition) is 5. The maximum Gasteiger partial charge on any atom is 0.251 e. The van der Waals surface area contributed by atoms with Gasteiger partial charge in [0.15, 0.2) is 11.9 Å². The molecule has 1 atom stereocenters. The van der Waals surface area contributed by atoms with Gasteiger partial charge in [-0.05, 0) is 12.3 Å². The van der Waals surface area contributed by atoms with Crippen LogP contribution in [0, 0.1) is 18.3 Å². The van der Waals surface area contributed by atoms with Crippen LogP contribution in [-0.2, 0) is 19.2 Å². The fourth-order valence-corrected chi connectivity index (χ4v) is 3.65. The summed E-state index contributed by atoms with van der Waals surface area (Å²) in [6, 6.07) is 6.06. The minimum Gasteiger partial charge on any atom is -0.307 e. The summed E-state index contributed by atoms with van der Waals surface area (Å²) in [7, 11) is 0. The summed E-state index contributed by atoms with van der Waals surface area (Å²) in [4.78, 5) is 50.3. The molecule has 1 aliphatic carbocycles. The molecule has 0 aromatic heterocycles. The largest absolute Gasteiger partial charge is 0.307 e. The monoisotopic (exact) mass is 369 g/mol. The maximum absolute atomic E-state index is 12.8. The van der Waals surface area contributed by atoms with Gasteiger partial charge in [0.1, 0.15) is 17.5 Å². The second-order valence-electron chi connectivity index (χ2n) is 8.04. The zero-order chi connectivity index (χ0) is 19.9. The van der Waals surface area contributed by atoms with Crippen LogP contribution in [0.25, 0.3) is 0 Å². The van der Waals surface area contributed by atoms with E-state index in [0.29, 0.717) is 5.56 Å². The Labute approximate surface area is 157 Å². The van der Waals surface area contributed by atoms with E-state index in [1.165, 1.54) is 6.92 Å². The number of amides is 2. The topological polar surface area (TPSA) is 95.9 Å². The van der Waals surface area contributed by atoms with Gasteiger partial charge in [0.25, 0.3) is 5.91 Å². The standard InChI is InChI=1S/C20H23N3O4/c1-11-5-7-13(8-6-11)18-21-19(27)17(23(22-18)12(2)24)16-14(25)9-20(3,4)10-15(16)26/h5-8,16-17H,9-10H2,1-4H3,(H,21,22,27). The first-order chi connectivity index (χ1) is 12.6. The first kappa shape index (κ1) is 18.9. The molecule has 1 saturated carbocycles. The number of hydrogen-bond donors (Lipinski definition) is 1. The van der Waals surface area contributed by atoms with E-state index < -0.39 is 29.2 Å². The fraction of sp³-hybridized carbons (Fsp3) is 0.450. The molecule has 1 N–H and O–H groups in total. The Morgan fingerprint density at radius 1 is 1.11 bits per heavy atom. The summed E-state index contributed by atoms with van der Waals surface area (Å²) in [5, 5.41) is 7.90. The number of Topliss-reactive ketones (excluding diaryl/α,β-unsaturated/α-hetero) is 2. The third kappa shape index (κ3) is 3.67. The van der Waals surface area contributed by atoms with Crippen molar-refractivity contribution in [3.05, 3.63) is 35.4 Å². The number of nitrogens with one attached hydrogen (secondary N) is 1. The van der Waals surface area contributed by atoms with Gasteiger partial charge in [0.2, 0.25) is 5.91 Å². The van der Waals surface area contributed by atoms with Crippen LogP contribution in [0.4, 0.5) is 0 Å². The molecule has 1 heterocycles. The highest BCUT2D eigenvalue weighted by Crippen LogP contribution is 2.36. The number of nitrogens with zero attached hydrogens (tertiary/aromatic N) is 2. The fourth-order valence-electron chi connectivity index (χ4n) is 3.65. The van der Waals surface area contributed by atoms with Crippen molar-refractivity contribution < 1.29 is 19.2 Å². The predicted octanol–water partition coefficient (Wildman–Crippen LogP) is 1.58. The zero-order valence-corrected chi connectivity index (χ0v) is 15.9. The smallest absolute Gasteiger partial charge is 0.251 e. The normalized spacial score (nSPS) is 23.1. The van der Waals surface area contributed by atoms with Crippen molar-refractivity contribution in [3.63, 3.8) is 0 Å². The number of benzene rings is 1. The molecule has 142 valence electrons. The Morgan fingerprint density at radius 2 is 1.67 bits per heavy atom. The Balaban J connectivity index is 1.98. The van der Waals surface area contributed by atoms with Crippen LogP contribution in [0.1, 0.15) is 44.7 Å². The minimum absolute atomic E-state index is 0.188. The number of amidine groups is 1. The molecule has 0 saturated heterocycles. The van der Waals surface area contributed by atoms with Gasteiger partial charge >= 0.3 is 0 Å². The van der Waals surface area contributed by atoms with E-state index >= 15 is 0 Å². The first-order valence-electron chi connectivity index (χ1n) is 8.91. The lowest BCUT2D eigenvalue weighted by Gasteiger charge is -2.39. The molecule has 1 aromatic carbocycles. The molecule has 1 fully saturated rings. The average molecular weight is 369 g/mol. The van der Waals surface area contributed by atoms with Crippen LogP contribution in [0.5, 0.6) is 0 Å². The summed E-state index contributed by atoms with van der Waals surface area (Å²) in [6.45, 7) is 6.89. The molecule has 0 bridgehead atoms. The van der Waals surface area contributed by atoms with Crippen molar-refractivity contribution in [2.24, 2.45) is 16.4 Å². The highest BCUT2D eigenvalue weighted by atomic mass is 16.2. The lowest BCUT2D eigenvalue weighted by atomic mass is 9.69. The Bertz CT molecular complexity index is 834. The molecule has 7 nitrogen and oxygen atoms in total. The van der Waals surface area contributed by atoms with Gasteiger partial charge in [-0.2, -0.15) is 5.10 Å².